The highest BCUT2D eigenvalue weighted by Gasteiger charge is 2.29. The Morgan fingerprint density at radius 1 is 1.14 bits per heavy atom. The van der Waals surface area contributed by atoms with Gasteiger partial charge < -0.3 is 15.2 Å². The molecular formula is C19H27F3IN5. The fraction of sp³-hybridized carbons (Fsp3) is 0.474. The van der Waals surface area contributed by atoms with Crippen LogP contribution in [0.3, 0.4) is 0 Å². The number of alkyl halides is 3. The first-order valence-corrected chi connectivity index (χ1v) is 9.06. The number of aryl methyl sites for hydroxylation is 2. The molecule has 2 aromatic rings. The summed E-state index contributed by atoms with van der Waals surface area (Å²) < 4.78 is 39.9. The third-order valence-electron chi connectivity index (χ3n) is 4.09. The summed E-state index contributed by atoms with van der Waals surface area (Å²) in [4.78, 5) is 8.63. The van der Waals surface area contributed by atoms with Crippen LogP contribution in [0.15, 0.2) is 41.7 Å². The minimum atomic E-state index is -4.31. The number of aliphatic imine (C=N–C) groups is 1. The van der Waals surface area contributed by atoms with Crippen LogP contribution in [0.25, 0.3) is 0 Å². The molecule has 28 heavy (non-hydrogen) atoms. The van der Waals surface area contributed by atoms with E-state index in [1.54, 1.807) is 6.20 Å². The molecule has 0 saturated heterocycles. The van der Waals surface area contributed by atoms with Crippen LogP contribution >= 0.6 is 24.0 Å². The van der Waals surface area contributed by atoms with Crippen LogP contribution in [0.4, 0.5) is 13.2 Å². The molecule has 2 N–H and O–H groups in total. The second kappa shape index (κ2) is 11.9. The Bertz CT molecular complexity index is 726. The van der Waals surface area contributed by atoms with Crippen molar-refractivity contribution in [2.24, 2.45) is 4.99 Å². The van der Waals surface area contributed by atoms with E-state index in [2.05, 4.69) is 25.2 Å². The Balaban J connectivity index is 0.00000392. The molecule has 0 unspecified atom stereocenters. The van der Waals surface area contributed by atoms with Gasteiger partial charge in [0.15, 0.2) is 5.96 Å². The number of nitrogens with zero attached hydrogens (tertiary/aromatic N) is 3. The maximum Gasteiger partial charge on any atom is 0.416 e. The van der Waals surface area contributed by atoms with Gasteiger partial charge in [-0.25, -0.2) is 9.98 Å². The van der Waals surface area contributed by atoms with Crippen molar-refractivity contribution >= 4 is 29.9 Å². The molecule has 0 bridgehead atoms. The molecule has 0 radical (unpaired) electrons. The lowest BCUT2D eigenvalue weighted by atomic mass is 10.1. The van der Waals surface area contributed by atoms with Crippen LogP contribution in [-0.2, 0) is 19.3 Å². The summed E-state index contributed by atoms with van der Waals surface area (Å²) in [5.74, 6) is 1.67. The molecule has 156 valence electrons. The highest BCUT2D eigenvalue weighted by Crippen LogP contribution is 2.29. The number of imidazole rings is 1. The first-order chi connectivity index (χ1) is 12.9. The number of aromatic nitrogens is 2. The molecule has 1 heterocycles. The summed E-state index contributed by atoms with van der Waals surface area (Å²) in [6.07, 6.45) is 1.45. The van der Waals surface area contributed by atoms with E-state index in [0.29, 0.717) is 19.0 Å². The van der Waals surface area contributed by atoms with E-state index in [-0.39, 0.29) is 24.0 Å². The van der Waals surface area contributed by atoms with Crippen molar-refractivity contribution in [3.63, 3.8) is 0 Å². The van der Waals surface area contributed by atoms with Gasteiger partial charge in [-0.05, 0) is 44.4 Å². The number of guanidine groups is 1. The van der Waals surface area contributed by atoms with Crippen LogP contribution in [0.2, 0.25) is 0 Å². The van der Waals surface area contributed by atoms with Crippen molar-refractivity contribution in [3.05, 3.63) is 53.6 Å². The fourth-order valence-corrected chi connectivity index (χ4v) is 2.57. The summed E-state index contributed by atoms with van der Waals surface area (Å²) in [6.45, 7) is 6.68. The Kier molecular flexibility index (Phi) is 10.3. The quantitative estimate of drug-likeness (QED) is 0.241. The lowest BCUT2D eigenvalue weighted by molar-refractivity contribution is -0.137. The smallest absolute Gasteiger partial charge is 0.357 e. The standard InChI is InChI=1S/C19H26F3N5.HI/c1-3-23-18(25-10-4-5-12-27-13-11-24-15(27)2)26-14-16-6-8-17(9-7-16)19(20,21)22;/h6-9,11,13H,3-5,10,12,14H2,1-2H3,(H2,23,25,26);1H. The fourth-order valence-electron chi connectivity index (χ4n) is 2.57. The number of hydrogen-bond acceptors (Lipinski definition) is 2. The van der Waals surface area contributed by atoms with Crippen molar-refractivity contribution in [3.8, 4) is 0 Å². The monoisotopic (exact) mass is 509 g/mol. The summed E-state index contributed by atoms with van der Waals surface area (Å²) in [7, 11) is 0. The predicted octanol–water partition coefficient (Wildman–Crippen LogP) is 4.36. The molecule has 0 spiro atoms. The molecule has 0 aliphatic heterocycles. The van der Waals surface area contributed by atoms with Crippen LogP contribution < -0.4 is 10.6 Å². The Morgan fingerprint density at radius 3 is 2.43 bits per heavy atom. The van der Waals surface area contributed by atoms with Gasteiger partial charge in [0.05, 0.1) is 12.1 Å². The zero-order chi connectivity index (χ0) is 19.7. The third-order valence-corrected chi connectivity index (χ3v) is 4.09. The Labute approximate surface area is 180 Å². The maximum atomic E-state index is 12.6. The molecule has 1 aromatic heterocycles. The lowest BCUT2D eigenvalue weighted by Crippen LogP contribution is -2.37. The van der Waals surface area contributed by atoms with E-state index in [4.69, 9.17) is 0 Å². The number of nitrogens with one attached hydrogen (secondary N) is 2. The van der Waals surface area contributed by atoms with E-state index in [1.165, 1.54) is 12.1 Å². The summed E-state index contributed by atoms with van der Waals surface area (Å²) in [6, 6.07) is 5.10. The minimum Gasteiger partial charge on any atom is -0.357 e. The number of halogens is 4. The topological polar surface area (TPSA) is 54.2 Å². The van der Waals surface area contributed by atoms with Gasteiger partial charge >= 0.3 is 6.18 Å². The van der Waals surface area contributed by atoms with Gasteiger partial charge in [-0.2, -0.15) is 13.2 Å². The number of unbranched alkanes of at least 4 members (excludes halogenated alkanes) is 1. The zero-order valence-electron chi connectivity index (χ0n) is 16.1. The molecule has 1 aromatic carbocycles. The van der Waals surface area contributed by atoms with Crippen LogP contribution in [0.5, 0.6) is 0 Å². The van der Waals surface area contributed by atoms with Crippen molar-refractivity contribution in [2.45, 2.75) is 46.0 Å². The SMILES string of the molecule is CCNC(=NCc1ccc(C(F)(F)F)cc1)NCCCCn1ccnc1C.I. The van der Waals surface area contributed by atoms with Crippen LogP contribution in [0.1, 0.15) is 36.7 Å². The first kappa shape index (κ1) is 24.3. The predicted molar refractivity (Wildman–Crippen MR) is 116 cm³/mol. The van der Waals surface area contributed by atoms with Crippen molar-refractivity contribution in [2.75, 3.05) is 13.1 Å². The van der Waals surface area contributed by atoms with Crippen molar-refractivity contribution in [1.82, 2.24) is 20.2 Å². The lowest BCUT2D eigenvalue weighted by Gasteiger charge is -2.12. The minimum absolute atomic E-state index is 0. The van der Waals surface area contributed by atoms with Gasteiger partial charge in [0.2, 0.25) is 0 Å². The number of rotatable bonds is 8. The highest BCUT2D eigenvalue weighted by atomic mass is 127. The molecule has 2 rings (SSSR count). The van der Waals surface area contributed by atoms with Gasteiger partial charge in [-0.1, -0.05) is 12.1 Å². The van der Waals surface area contributed by atoms with Gasteiger partial charge in [-0.3, -0.25) is 0 Å². The number of benzene rings is 1. The largest absolute Gasteiger partial charge is 0.416 e. The summed E-state index contributed by atoms with van der Waals surface area (Å²) in [5, 5.41) is 6.40. The average Bonchev–Trinajstić information content (AvgIpc) is 3.04. The van der Waals surface area contributed by atoms with E-state index in [1.807, 2.05) is 20.0 Å². The van der Waals surface area contributed by atoms with Crippen LogP contribution in [-0.4, -0.2) is 28.6 Å². The summed E-state index contributed by atoms with van der Waals surface area (Å²) >= 11 is 0. The molecule has 0 aliphatic carbocycles. The second-order valence-electron chi connectivity index (χ2n) is 6.19. The van der Waals surface area contributed by atoms with E-state index < -0.39 is 11.7 Å². The summed E-state index contributed by atoms with van der Waals surface area (Å²) in [5.41, 5.74) is 0.0872. The van der Waals surface area contributed by atoms with E-state index in [0.717, 1.165) is 49.5 Å². The van der Waals surface area contributed by atoms with Gasteiger partial charge in [0.25, 0.3) is 0 Å². The molecule has 0 fully saturated rings. The van der Waals surface area contributed by atoms with E-state index >= 15 is 0 Å². The molecule has 0 aliphatic rings. The normalized spacial score (nSPS) is 11.8. The van der Waals surface area contributed by atoms with Crippen molar-refractivity contribution < 1.29 is 13.2 Å². The maximum absolute atomic E-state index is 12.6. The molecule has 0 saturated carbocycles. The Hall–Kier alpha value is -1.78. The van der Waals surface area contributed by atoms with Gasteiger partial charge in [-0.15, -0.1) is 24.0 Å². The molecule has 5 nitrogen and oxygen atoms in total. The molecular weight excluding hydrogens is 482 g/mol. The van der Waals surface area contributed by atoms with Crippen molar-refractivity contribution in [1.29, 1.82) is 0 Å². The average molecular weight is 509 g/mol. The Morgan fingerprint density at radius 2 is 1.86 bits per heavy atom. The van der Waals surface area contributed by atoms with Crippen LogP contribution in [0, 0.1) is 6.92 Å². The second-order valence-corrected chi connectivity index (χ2v) is 6.19. The zero-order valence-corrected chi connectivity index (χ0v) is 18.4. The highest BCUT2D eigenvalue weighted by molar-refractivity contribution is 14.0. The third kappa shape index (κ3) is 8.07. The molecule has 9 heteroatoms. The molecule has 0 amide bonds. The van der Waals surface area contributed by atoms with Gasteiger partial charge in [0, 0.05) is 32.0 Å². The molecule has 0 atom stereocenters. The number of hydrogen-bond donors (Lipinski definition) is 2. The van der Waals surface area contributed by atoms with Gasteiger partial charge in [0.1, 0.15) is 5.82 Å². The first-order valence-electron chi connectivity index (χ1n) is 9.06. The van der Waals surface area contributed by atoms with E-state index in [9.17, 15) is 13.2 Å².